The van der Waals surface area contributed by atoms with Gasteiger partial charge in [-0.15, -0.1) is 0 Å². The second-order valence-electron chi connectivity index (χ2n) is 6.41. The van der Waals surface area contributed by atoms with E-state index in [0.717, 1.165) is 36.7 Å². The smallest absolute Gasteiger partial charge is 0.412 e. The summed E-state index contributed by atoms with van der Waals surface area (Å²) in [6.07, 6.45) is 0.829. The Morgan fingerprint density at radius 3 is 2.67 bits per heavy atom. The number of hydrogen-bond donors (Lipinski definition) is 4. The first-order chi connectivity index (χ1) is 13.0. The third-order valence-corrected chi connectivity index (χ3v) is 4.33. The van der Waals surface area contributed by atoms with E-state index in [1.54, 1.807) is 0 Å². The van der Waals surface area contributed by atoms with Gasteiger partial charge in [-0.2, -0.15) is 4.98 Å². The Kier molecular flexibility index (Phi) is 8.17. The fourth-order valence-electron chi connectivity index (χ4n) is 2.80. The second kappa shape index (κ2) is 10.4. The van der Waals surface area contributed by atoms with E-state index in [9.17, 15) is 19.8 Å². The summed E-state index contributed by atoms with van der Waals surface area (Å²) in [5.74, 6) is -0.000948. The van der Waals surface area contributed by atoms with Gasteiger partial charge in [-0.3, -0.25) is 9.88 Å². The molecule has 1 amide bonds. The van der Waals surface area contributed by atoms with Gasteiger partial charge in [-0.05, 0) is 12.5 Å². The number of carbonyl (C=O) groups excluding carboxylic acids is 1. The van der Waals surface area contributed by atoms with Crippen LogP contribution in [0, 0.1) is 0 Å². The molecule has 2 rings (SSSR count). The topological polar surface area (TPSA) is 143 Å². The van der Waals surface area contributed by atoms with Crippen molar-refractivity contribution in [1.29, 1.82) is 0 Å². The molecule has 10 heteroatoms. The normalized spacial score (nSPS) is 24.7. The number of hydrogen-bond acceptors (Lipinski definition) is 8. The van der Waals surface area contributed by atoms with E-state index in [1.807, 2.05) is 0 Å². The van der Waals surface area contributed by atoms with Crippen molar-refractivity contribution in [3.8, 4) is 0 Å². The molecule has 0 aliphatic carbocycles. The van der Waals surface area contributed by atoms with Crippen molar-refractivity contribution >= 4 is 11.9 Å². The minimum atomic E-state index is -1.39. The van der Waals surface area contributed by atoms with Crippen LogP contribution in [0.15, 0.2) is 17.1 Å². The molecule has 0 saturated carbocycles. The van der Waals surface area contributed by atoms with Gasteiger partial charge in [0.15, 0.2) is 6.23 Å². The highest BCUT2D eigenvalue weighted by Gasteiger charge is 2.43. The summed E-state index contributed by atoms with van der Waals surface area (Å²) in [4.78, 5) is 27.6. The molecule has 27 heavy (non-hydrogen) atoms. The maximum Gasteiger partial charge on any atom is 0.412 e. The van der Waals surface area contributed by atoms with Crippen LogP contribution in [-0.2, 0) is 9.47 Å². The molecular formula is C17H27N3O7. The van der Waals surface area contributed by atoms with E-state index in [2.05, 4.69) is 17.2 Å². The van der Waals surface area contributed by atoms with Crippen molar-refractivity contribution < 1.29 is 29.6 Å². The number of aliphatic hydroxyl groups is 3. The van der Waals surface area contributed by atoms with E-state index in [0.29, 0.717) is 0 Å². The minimum absolute atomic E-state index is 0.000948. The standard InChI is InChI=1S/C17H27N3O7/c1-2-3-4-5-6-9-26-17(25)19-12-7-8-20(16(24)18-12)15-14(23)13(22)11(10-21)27-15/h7-8,11,13-15,21-23H,2-6,9-10H2,1H3,(H,18,19,24,25). The van der Waals surface area contributed by atoms with E-state index >= 15 is 0 Å². The van der Waals surface area contributed by atoms with Gasteiger partial charge in [-0.1, -0.05) is 32.6 Å². The molecule has 2 heterocycles. The zero-order valence-corrected chi connectivity index (χ0v) is 15.3. The van der Waals surface area contributed by atoms with Crippen LogP contribution in [-0.4, -0.2) is 62.5 Å². The van der Waals surface area contributed by atoms with Crippen LogP contribution in [0.3, 0.4) is 0 Å². The molecule has 0 radical (unpaired) electrons. The Balaban J connectivity index is 1.87. The third-order valence-electron chi connectivity index (χ3n) is 4.33. The van der Waals surface area contributed by atoms with Gasteiger partial charge in [0.2, 0.25) is 0 Å². The number of unbranched alkanes of at least 4 members (excludes halogenated alkanes) is 4. The maximum atomic E-state index is 12.1. The summed E-state index contributed by atoms with van der Waals surface area (Å²) in [5.41, 5.74) is -0.790. The number of amides is 1. The maximum absolute atomic E-state index is 12.1. The van der Waals surface area contributed by atoms with Crippen molar-refractivity contribution in [1.82, 2.24) is 9.55 Å². The molecule has 1 aliphatic heterocycles. The summed E-state index contributed by atoms with van der Waals surface area (Å²) in [7, 11) is 0. The molecule has 0 bridgehead atoms. The lowest BCUT2D eigenvalue weighted by atomic mass is 10.1. The Morgan fingerprint density at radius 2 is 2.04 bits per heavy atom. The van der Waals surface area contributed by atoms with Crippen LogP contribution in [0.5, 0.6) is 0 Å². The fourth-order valence-corrected chi connectivity index (χ4v) is 2.80. The molecule has 0 spiro atoms. The van der Waals surface area contributed by atoms with Crippen molar-refractivity contribution in [2.75, 3.05) is 18.5 Å². The van der Waals surface area contributed by atoms with Crippen LogP contribution < -0.4 is 11.0 Å². The van der Waals surface area contributed by atoms with Gasteiger partial charge in [0, 0.05) is 6.20 Å². The Morgan fingerprint density at radius 1 is 1.30 bits per heavy atom. The van der Waals surface area contributed by atoms with E-state index in [-0.39, 0.29) is 12.4 Å². The van der Waals surface area contributed by atoms with E-state index in [4.69, 9.17) is 14.6 Å². The quantitative estimate of drug-likeness (QED) is 0.447. The van der Waals surface area contributed by atoms with Gasteiger partial charge in [0.1, 0.15) is 24.1 Å². The van der Waals surface area contributed by atoms with Crippen LogP contribution in [0.25, 0.3) is 0 Å². The number of aliphatic hydroxyl groups excluding tert-OH is 3. The molecule has 0 aromatic carbocycles. The zero-order valence-electron chi connectivity index (χ0n) is 15.3. The van der Waals surface area contributed by atoms with Crippen molar-refractivity contribution in [3.63, 3.8) is 0 Å². The first-order valence-corrected chi connectivity index (χ1v) is 9.13. The minimum Gasteiger partial charge on any atom is -0.449 e. The summed E-state index contributed by atoms with van der Waals surface area (Å²) in [6.45, 7) is 1.91. The SMILES string of the molecule is CCCCCCCOC(=O)Nc1ccn(C2OC(CO)C(O)C2O)c(=O)n1. The van der Waals surface area contributed by atoms with Gasteiger partial charge in [0.25, 0.3) is 0 Å². The van der Waals surface area contributed by atoms with E-state index < -0.39 is 42.9 Å². The van der Waals surface area contributed by atoms with E-state index in [1.165, 1.54) is 12.3 Å². The zero-order chi connectivity index (χ0) is 19.8. The lowest BCUT2D eigenvalue weighted by molar-refractivity contribution is -0.0549. The number of nitrogens with one attached hydrogen (secondary N) is 1. The number of ether oxygens (including phenoxy) is 2. The van der Waals surface area contributed by atoms with Gasteiger partial charge >= 0.3 is 11.8 Å². The van der Waals surface area contributed by atoms with Gasteiger partial charge in [-0.25, -0.2) is 9.59 Å². The average molecular weight is 385 g/mol. The molecule has 4 atom stereocenters. The number of rotatable bonds is 9. The summed E-state index contributed by atoms with van der Waals surface area (Å²) < 4.78 is 11.3. The van der Waals surface area contributed by atoms with Crippen LogP contribution in [0.1, 0.15) is 45.3 Å². The van der Waals surface area contributed by atoms with Crippen LogP contribution in [0.4, 0.5) is 10.6 Å². The Hall–Kier alpha value is -2.01. The molecular weight excluding hydrogens is 358 g/mol. The molecule has 1 fully saturated rings. The Labute approximate surface area is 156 Å². The molecule has 1 aromatic heterocycles. The van der Waals surface area contributed by atoms with Crippen LogP contribution >= 0.6 is 0 Å². The predicted molar refractivity (Wildman–Crippen MR) is 95.2 cm³/mol. The number of anilines is 1. The summed E-state index contributed by atoms with van der Waals surface area (Å²) >= 11 is 0. The van der Waals surface area contributed by atoms with Crippen molar-refractivity contribution in [3.05, 3.63) is 22.7 Å². The average Bonchev–Trinajstić information content (AvgIpc) is 2.93. The molecule has 4 N–H and O–H groups in total. The van der Waals surface area contributed by atoms with Crippen molar-refractivity contribution in [2.24, 2.45) is 0 Å². The van der Waals surface area contributed by atoms with Gasteiger partial charge in [0.05, 0.1) is 13.2 Å². The van der Waals surface area contributed by atoms with Gasteiger partial charge < -0.3 is 24.8 Å². The number of nitrogens with zero attached hydrogens (tertiary/aromatic N) is 2. The second-order valence-corrected chi connectivity index (χ2v) is 6.41. The van der Waals surface area contributed by atoms with Crippen molar-refractivity contribution in [2.45, 2.75) is 63.6 Å². The predicted octanol–water partition coefficient (Wildman–Crippen LogP) is 0.374. The molecule has 1 saturated heterocycles. The first-order valence-electron chi connectivity index (χ1n) is 9.13. The molecule has 1 aliphatic rings. The number of carbonyl (C=O) groups is 1. The highest BCUT2D eigenvalue weighted by atomic mass is 16.6. The summed E-state index contributed by atoms with van der Waals surface area (Å²) in [6, 6.07) is 1.35. The summed E-state index contributed by atoms with van der Waals surface area (Å²) in [5, 5.41) is 31.2. The third kappa shape index (κ3) is 5.73. The molecule has 4 unspecified atom stereocenters. The van der Waals surface area contributed by atoms with Crippen LogP contribution in [0.2, 0.25) is 0 Å². The largest absolute Gasteiger partial charge is 0.449 e. The Bertz CT molecular complexity index is 666. The monoisotopic (exact) mass is 385 g/mol. The molecule has 1 aromatic rings. The molecule has 10 nitrogen and oxygen atoms in total. The lowest BCUT2D eigenvalue weighted by Gasteiger charge is -2.17. The fraction of sp³-hybridized carbons (Fsp3) is 0.706. The number of aromatic nitrogens is 2. The molecule has 152 valence electrons. The highest BCUT2D eigenvalue weighted by Crippen LogP contribution is 2.28. The first kappa shape index (κ1) is 21.3. The lowest BCUT2D eigenvalue weighted by Crippen LogP contribution is -2.36. The highest BCUT2D eigenvalue weighted by molar-refractivity contribution is 5.83.